The first-order valence-corrected chi connectivity index (χ1v) is 10.9. The molecule has 0 unspecified atom stereocenters. The Hall–Kier alpha value is -2.59. The summed E-state index contributed by atoms with van der Waals surface area (Å²) in [7, 11) is 0. The van der Waals surface area contributed by atoms with Crippen molar-refractivity contribution in [2.24, 2.45) is 5.73 Å². The van der Waals surface area contributed by atoms with E-state index in [1.807, 2.05) is 24.3 Å². The zero-order valence-corrected chi connectivity index (χ0v) is 18.5. The highest BCUT2D eigenvalue weighted by molar-refractivity contribution is 5.78. The zero-order chi connectivity index (χ0) is 22.9. The molecule has 1 aromatic carbocycles. The highest BCUT2D eigenvalue weighted by atomic mass is 16.5. The van der Waals surface area contributed by atoms with E-state index in [1.54, 1.807) is 12.3 Å². The normalized spacial score (nSPS) is 10.9. The molecule has 0 spiro atoms. The second-order valence-corrected chi connectivity index (χ2v) is 7.14. The van der Waals surface area contributed by atoms with E-state index in [1.165, 1.54) is 0 Å². The predicted molar refractivity (Wildman–Crippen MR) is 121 cm³/mol. The first-order valence-electron chi connectivity index (χ1n) is 10.9. The van der Waals surface area contributed by atoms with Crippen LogP contribution >= 0.6 is 0 Å². The quantitative estimate of drug-likeness (QED) is 0.330. The summed E-state index contributed by atoms with van der Waals surface area (Å²) >= 11 is 0. The van der Waals surface area contributed by atoms with Crippen molar-refractivity contribution in [2.45, 2.75) is 32.3 Å². The molecule has 0 saturated carbocycles. The molecule has 0 saturated heterocycles. The van der Waals surface area contributed by atoms with Crippen molar-refractivity contribution in [2.75, 3.05) is 51.9 Å². The molecule has 4 N–H and O–H groups in total. The van der Waals surface area contributed by atoms with Crippen molar-refractivity contribution in [3.8, 4) is 6.01 Å². The lowest BCUT2D eigenvalue weighted by atomic mass is 10.0. The molecule has 32 heavy (non-hydrogen) atoms. The topological polar surface area (TPSA) is 132 Å². The van der Waals surface area contributed by atoms with Crippen LogP contribution in [0.1, 0.15) is 30.4 Å². The van der Waals surface area contributed by atoms with E-state index >= 15 is 0 Å². The minimum absolute atomic E-state index is 0.244. The van der Waals surface area contributed by atoms with Gasteiger partial charge in [0.2, 0.25) is 0 Å². The molecule has 9 heteroatoms. The van der Waals surface area contributed by atoms with Gasteiger partial charge in [-0.15, -0.1) is 0 Å². The molecule has 0 radical (unpaired) electrons. The van der Waals surface area contributed by atoms with Gasteiger partial charge in [-0.25, -0.2) is 4.98 Å². The maximum Gasteiger partial charge on any atom is 0.318 e. The number of nitrogen functional groups attached to an aromatic ring is 1. The number of ketones is 1. The highest BCUT2D eigenvalue weighted by Gasteiger charge is 2.04. The van der Waals surface area contributed by atoms with E-state index in [0.717, 1.165) is 24.0 Å². The van der Waals surface area contributed by atoms with Gasteiger partial charge in [-0.2, -0.15) is 4.98 Å². The molecular weight excluding hydrogens is 412 g/mol. The maximum absolute atomic E-state index is 12.1. The Morgan fingerprint density at radius 3 is 2.19 bits per heavy atom. The van der Waals surface area contributed by atoms with Crippen molar-refractivity contribution >= 4 is 11.6 Å². The van der Waals surface area contributed by atoms with Gasteiger partial charge >= 0.3 is 6.01 Å². The molecule has 0 amide bonds. The highest BCUT2D eigenvalue weighted by Crippen LogP contribution is 2.11. The number of benzene rings is 1. The van der Waals surface area contributed by atoms with Crippen LogP contribution < -0.4 is 16.2 Å². The van der Waals surface area contributed by atoms with Gasteiger partial charge in [0.25, 0.3) is 0 Å². The summed E-state index contributed by atoms with van der Waals surface area (Å²) in [5, 5.41) is 0. The molecule has 0 aliphatic carbocycles. The van der Waals surface area contributed by atoms with E-state index in [4.69, 9.17) is 30.4 Å². The number of rotatable bonds is 18. The summed E-state index contributed by atoms with van der Waals surface area (Å²) in [6.07, 6.45) is 4.06. The van der Waals surface area contributed by atoms with Gasteiger partial charge in [-0.3, -0.25) is 4.79 Å². The van der Waals surface area contributed by atoms with Crippen LogP contribution in [0.2, 0.25) is 0 Å². The number of carbonyl (C=O) groups excluding carboxylic acids is 1. The summed E-state index contributed by atoms with van der Waals surface area (Å²) in [4.78, 5) is 20.1. The SMILES string of the molecule is NCCOCCOCCOCCCC(=O)CCc1ccc(COc2nccc(N)n2)cc1. The van der Waals surface area contributed by atoms with E-state index < -0.39 is 0 Å². The average molecular weight is 447 g/mol. The summed E-state index contributed by atoms with van der Waals surface area (Å²) in [5.41, 5.74) is 13.0. The first kappa shape index (κ1) is 25.7. The lowest BCUT2D eigenvalue weighted by molar-refractivity contribution is -0.119. The molecular formula is C23H34N4O5. The van der Waals surface area contributed by atoms with Crippen LogP contribution in [0.15, 0.2) is 36.5 Å². The number of hydrogen-bond donors (Lipinski definition) is 2. The number of nitrogens with two attached hydrogens (primary N) is 2. The average Bonchev–Trinajstić information content (AvgIpc) is 2.80. The second kappa shape index (κ2) is 16.1. The molecule has 2 rings (SSSR count). The van der Waals surface area contributed by atoms with Crippen molar-refractivity contribution in [3.05, 3.63) is 47.7 Å². The van der Waals surface area contributed by atoms with Crippen LogP contribution in [0.25, 0.3) is 0 Å². The summed E-state index contributed by atoms with van der Waals surface area (Å²) in [6, 6.07) is 9.84. The molecule has 0 fully saturated rings. The third kappa shape index (κ3) is 11.7. The van der Waals surface area contributed by atoms with Gasteiger partial charge in [0.05, 0.1) is 33.0 Å². The van der Waals surface area contributed by atoms with Crippen LogP contribution in [-0.2, 0) is 32.0 Å². The van der Waals surface area contributed by atoms with E-state index in [2.05, 4.69) is 9.97 Å². The molecule has 0 aliphatic rings. The van der Waals surface area contributed by atoms with Crippen LogP contribution in [0.3, 0.4) is 0 Å². The third-order valence-electron chi connectivity index (χ3n) is 4.49. The fraction of sp³-hybridized carbons (Fsp3) is 0.522. The predicted octanol–water partition coefficient (Wildman–Crippen LogP) is 1.93. The molecule has 9 nitrogen and oxygen atoms in total. The molecule has 1 heterocycles. The Morgan fingerprint density at radius 2 is 1.50 bits per heavy atom. The number of anilines is 1. The van der Waals surface area contributed by atoms with Gasteiger partial charge < -0.3 is 30.4 Å². The van der Waals surface area contributed by atoms with Crippen LogP contribution in [0, 0.1) is 0 Å². The van der Waals surface area contributed by atoms with Gasteiger partial charge in [0, 0.05) is 32.2 Å². The van der Waals surface area contributed by atoms with Gasteiger partial charge in [-0.05, 0) is 30.0 Å². The summed E-state index contributed by atoms with van der Waals surface area (Å²) < 4.78 is 21.6. The van der Waals surface area contributed by atoms with Crippen molar-refractivity contribution in [1.29, 1.82) is 0 Å². The summed E-state index contributed by atoms with van der Waals surface area (Å²) in [5.74, 6) is 0.615. The van der Waals surface area contributed by atoms with Crippen molar-refractivity contribution in [3.63, 3.8) is 0 Å². The number of aryl methyl sites for hydroxylation is 1. The molecule has 1 aromatic heterocycles. The Kier molecular flexibility index (Phi) is 12.9. The number of Topliss-reactive ketones (excluding diaryl/α,β-unsaturated/α-hetero) is 1. The molecule has 0 atom stereocenters. The van der Waals surface area contributed by atoms with Crippen molar-refractivity contribution < 1.29 is 23.7 Å². The van der Waals surface area contributed by atoms with E-state index in [-0.39, 0.29) is 11.8 Å². The van der Waals surface area contributed by atoms with Crippen molar-refractivity contribution in [1.82, 2.24) is 9.97 Å². The third-order valence-corrected chi connectivity index (χ3v) is 4.49. The number of aromatic nitrogens is 2. The Morgan fingerprint density at radius 1 is 0.844 bits per heavy atom. The van der Waals surface area contributed by atoms with E-state index in [9.17, 15) is 4.79 Å². The smallest absolute Gasteiger partial charge is 0.318 e. The van der Waals surface area contributed by atoms with Gasteiger partial charge in [-0.1, -0.05) is 24.3 Å². The molecule has 0 bridgehead atoms. The fourth-order valence-corrected chi connectivity index (χ4v) is 2.78. The van der Waals surface area contributed by atoms with Crippen LogP contribution in [0.5, 0.6) is 6.01 Å². The lowest BCUT2D eigenvalue weighted by Crippen LogP contribution is -2.13. The minimum Gasteiger partial charge on any atom is -0.459 e. The standard InChI is InChI=1S/C23H34N4O5/c24-10-13-30-15-17-31-16-14-29-12-1-2-21(28)8-7-19-3-5-20(6-4-19)18-32-23-26-11-9-22(25)27-23/h3-6,9,11H,1-2,7-8,10,12-18,24H2,(H2,25,26,27). The van der Waals surface area contributed by atoms with Gasteiger partial charge in [0.15, 0.2) is 0 Å². The number of ether oxygens (including phenoxy) is 4. The summed E-state index contributed by atoms with van der Waals surface area (Å²) in [6.45, 7) is 4.10. The Labute approximate surface area is 189 Å². The maximum atomic E-state index is 12.1. The van der Waals surface area contributed by atoms with Crippen LogP contribution in [-0.4, -0.2) is 61.9 Å². The zero-order valence-electron chi connectivity index (χ0n) is 18.5. The molecule has 176 valence electrons. The molecule has 0 aliphatic heterocycles. The lowest BCUT2D eigenvalue weighted by Gasteiger charge is -2.07. The van der Waals surface area contributed by atoms with Crippen LogP contribution in [0.4, 0.5) is 5.82 Å². The Balaban J connectivity index is 1.49. The Bertz CT molecular complexity index is 773. The van der Waals surface area contributed by atoms with E-state index in [0.29, 0.717) is 71.5 Å². The minimum atomic E-state index is 0.244. The largest absolute Gasteiger partial charge is 0.459 e. The number of hydrogen-bond acceptors (Lipinski definition) is 9. The first-order chi connectivity index (χ1) is 15.7. The number of nitrogens with zero attached hydrogens (tertiary/aromatic N) is 2. The second-order valence-electron chi connectivity index (χ2n) is 7.14. The fourth-order valence-electron chi connectivity index (χ4n) is 2.78. The molecule has 2 aromatic rings. The monoisotopic (exact) mass is 446 g/mol. The van der Waals surface area contributed by atoms with Gasteiger partial charge in [0.1, 0.15) is 18.2 Å². The number of carbonyl (C=O) groups is 1.